The number of halogens is 1. The quantitative estimate of drug-likeness (QED) is 0.936. The molecule has 0 saturated heterocycles. The van der Waals surface area contributed by atoms with Crippen molar-refractivity contribution >= 4 is 34.0 Å². The average Bonchev–Trinajstić information content (AvgIpc) is 2.77. The van der Waals surface area contributed by atoms with Crippen molar-refractivity contribution in [2.75, 3.05) is 5.32 Å². The van der Waals surface area contributed by atoms with Crippen LogP contribution in [-0.2, 0) is 0 Å². The molecule has 18 heavy (non-hydrogen) atoms. The number of carbonyl (C=O) groups is 1. The highest BCUT2D eigenvalue weighted by atomic mass is 35.5. The van der Waals surface area contributed by atoms with Gasteiger partial charge in [0.15, 0.2) is 5.13 Å². The highest BCUT2D eigenvalue weighted by Crippen LogP contribution is 2.21. The molecule has 94 valence electrons. The molecule has 0 spiro atoms. The minimum absolute atomic E-state index is 0.281. The third-order valence-corrected chi connectivity index (χ3v) is 3.30. The molecular weight excluding hydrogens is 270 g/mol. The van der Waals surface area contributed by atoms with Crippen molar-refractivity contribution in [1.29, 1.82) is 0 Å². The third kappa shape index (κ3) is 3.05. The fourth-order valence-electron chi connectivity index (χ4n) is 1.30. The Morgan fingerprint density at radius 3 is 2.89 bits per heavy atom. The van der Waals surface area contributed by atoms with Crippen LogP contribution in [-0.4, -0.2) is 15.9 Å². The number of amides is 1. The Kier molecular flexibility index (Phi) is 3.93. The summed E-state index contributed by atoms with van der Waals surface area (Å²) < 4.78 is 0. The van der Waals surface area contributed by atoms with E-state index >= 15 is 0 Å². The predicted molar refractivity (Wildman–Crippen MR) is 73.4 cm³/mol. The fraction of sp³-hybridized carbons (Fsp3) is 0.250. The van der Waals surface area contributed by atoms with Gasteiger partial charge in [-0.1, -0.05) is 25.4 Å². The molecule has 2 rings (SSSR count). The van der Waals surface area contributed by atoms with E-state index in [2.05, 4.69) is 29.1 Å². The van der Waals surface area contributed by atoms with Crippen molar-refractivity contribution in [3.05, 3.63) is 40.1 Å². The first-order chi connectivity index (χ1) is 8.56. The van der Waals surface area contributed by atoms with Crippen molar-refractivity contribution < 1.29 is 4.79 Å². The van der Waals surface area contributed by atoms with Gasteiger partial charge in [-0.25, -0.2) is 4.98 Å². The van der Waals surface area contributed by atoms with Crippen LogP contribution < -0.4 is 5.32 Å². The van der Waals surface area contributed by atoms with Crippen molar-refractivity contribution in [3.8, 4) is 0 Å². The first kappa shape index (κ1) is 13.0. The molecule has 0 radical (unpaired) electrons. The molecule has 0 saturated carbocycles. The van der Waals surface area contributed by atoms with Gasteiger partial charge in [0.1, 0.15) is 5.69 Å². The lowest BCUT2D eigenvalue weighted by atomic mass is 10.2. The summed E-state index contributed by atoms with van der Waals surface area (Å²) in [6.07, 6.45) is 1.50. The number of nitrogens with one attached hydrogen (secondary N) is 1. The maximum absolute atomic E-state index is 11.9. The normalized spacial score (nSPS) is 10.7. The fourth-order valence-corrected chi connectivity index (χ4v) is 2.33. The summed E-state index contributed by atoms with van der Waals surface area (Å²) in [7, 11) is 0. The predicted octanol–water partition coefficient (Wildman–Crippen LogP) is 3.57. The van der Waals surface area contributed by atoms with Gasteiger partial charge in [-0.2, -0.15) is 0 Å². The van der Waals surface area contributed by atoms with Crippen molar-refractivity contribution in [3.63, 3.8) is 0 Å². The maximum Gasteiger partial charge on any atom is 0.276 e. The Morgan fingerprint density at radius 2 is 2.28 bits per heavy atom. The van der Waals surface area contributed by atoms with E-state index < -0.39 is 0 Å². The number of carbonyl (C=O) groups excluding carboxylic acids is 1. The molecule has 2 aromatic heterocycles. The first-order valence-corrected chi connectivity index (χ1v) is 6.70. The van der Waals surface area contributed by atoms with Crippen LogP contribution in [0, 0.1) is 0 Å². The lowest BCUT2D eigenvalue weighted by Gasteiger charge is -2.01. The molecule has 4 nitrogen and oxygen atoms in total. The largest absolute Gasteiger partial charge is 0.296 e. The zero-order chi connectivity index (χ0) is 13.1. The molecule has 2 aromatic rings. The van der Waals surface area contributed by atoms with Crippen LogP contribution in [0.25, 0.3) is 0 Å². The molecule has 0 aliphatic carbocycles. The summed E-state index contributed by atoms with van der Waals surface area (Å²) in [5.41, 5.74) is 1.25. The summed E-state index contributed by atoms with van der Waals surface area (Å²) in [5.74, 6) is 0.0401. The summed E-state index contributed by atoms with van der Waals surface area (Å²) in [6, 6.07) is 3.15. The van der Waals surface area contributed by atoms with Gasteiger partial charge in [0.25, 0.3) is 5.91 Å². The number of rotatable bonds is 3. The van der Waals surface area contributed by atoms with Crippen LogP contribution in [0.1, 0.15) is 35.9 Å². The summed E-state index contributed by atoms with van der Waals surface area (Å²) in [6.45, 7) is 4.11. The molecular formula is C12H12ClN3OS. The van der Waals surface area contributed by atoms with Crippen LogP contribution in [0.4, 0.5) is 5.13 Å². The lowest BCUT2D eigenvalue weighted by Crippen LogP contribution is -2.13. The number of pyridine rings is 1. The van der Waals surface area contributed by atoms with Gasteiger partial charge in [0.2, 0.25) is 0 Å². The van der Waals surface area contributed by atoms with Gasteiger partial charge >= 0.3 is 0 Å². The summed E-state index contributed by atoms with van der Waals surface area (Å²) >= 11 is 7.21. The van der Waals surface area contributed by atoms with Crippen LogP contribution >= 0.6 is 22.9 Å². The number of thiazole rings is 1. The number of hydrogen-bond donors (Lipinski definition) is 1. The SMILES string of the molecule is CC(C)c1csc(NC(=O)c2cc(Cl)ccn2)n1. The maximum atomic E-state index is 11.9. The monoisotopic (exact) mass is 281 g/mol. The molecule has 6 heteroatoms. The molecule has 0 aliphatic rings. The van der Waals surface area contributed by atoms with Gasteiger partial charge in [-0.3, -0.25) is 15.1 Å². The summed E-state index contributed by atoms with van der Waals surface area (Å²) in [5, 5.41) is 5.70. The summed E-state index contributed by atoms with van der Waals surface area (Å²) in [4.78, 5) is 20.2. The number of anilines is 1. The Bertz CT molecular complexity index is 568. The molecule has 1 amide bonds. The Balaban J connectivity index is 2.11. The van der Waals surface area contributed by atoms with Gasteiger partial charge in [0, 0.05) is 16.6 Å². The van der Waals surface area contributed by atoms with E-state index in [0.29, 0.717) is 16.1 Å². The molecule has 0 bridgehead atoms. The molecule has 0 fully saturated rings. The highest BCUT2D eigenvalue weighted by Gasteiger charge is 2.11. The second-order valence-electron chi connectivity index (χ2n) is 4.05. The standard InChI is InChI=1S/C12H12ClN3OS/c1-7(2)10-6-18-12(15-10)16-11(17)9-5-8(13)3-4-14-9/h3-7H,1-2H3,(H,15,16,17). The topological polar surface area (TPSA) is 54.9 Å². The lowest BCUT2D eigenvalue weighted by molar-refractivity contribution is 0.102. The molecule has 0 unspecified atom stereocenters. The third-order valence-electron chi connectivity index (χ3n) is 2.29. The number of hydrogen-bond acceptors (Lipinski definition) is 4. The number of aromatic nitrogens is 2. The minimum Gasteiger partial charge on any atom is -0.296 e. The second-order valence-corrected chi connectivity index (χ2v) is 5.34. The second kappa shape index (κ2) is 5.46. The number of nitrogens with zero attached hydrogens (tertiary/aromatic N) is 2. The average molecular weight is 282 g/mol. The van der Waals surface area contributed by atoms with Crippen LogP contribution in [0.2, 0.25) is 5.02 Å². The molecule has 0 aliphatic heterocycles. The first-order valence-electron chi connectivity index (χ1n) is 5.44. The molecule has 2 heterocycles. The Labute approximate surface area is 114 Å². The van der Waals surface area contributed by atoms with Gasteiger partial charge in [0.05, 0.1) is 5.69 Å². The molecule has 0 aromatic carbocycles. The smallest absolute Gasteiger partial charge is 0.276 e. The van der Waals surface area contributed by atoms with E-state index in [1.54, 1.807) is 6.07 Å². The van der Waals surface area contributed by atoms with Crippen LogP contribution in [0.15, 0.2) is 23.7 Å². The van der Waals surface area contributed by atoms with E-state index in [1.165, 1.54) is 23.6 Å². The van der Waals surface area contributed by atoms with Gasteiger partial charge in [-0.05, 0) is 18.1 Å². The zero-order valence-electron chi connectivity index (χ0n) is 9.98. The molecule has 0 atom stereocenters. The minimum atomic E-state index is -0.304. The van der Waals surface area contributed by atoms with E-state index in [0.717, 1.165) is 5.69 Å². The van der Waals surface area contributed by atoms with E-state index in [4.69, 9.17) is 11.6 Å². The Hall–Kier alpha value is -1.46. The van der Waals surface area contributed by atoms with Gasteiger partial charge < -0.3 is 0 Å². The van der Waals surface area contributed by atoms with E-state index in [1.807, 2.05) is 5.38 Å². The van der Waals surface area contributed by atoms with Gasteiger partial charge in [-0.15, -0.1) is 11.3 Å². The van der Waals surface area contributed by atoms with Crippen LogP contribution in [0.3, 0.4) is 0 Å². The molecule has 1 N–H and O–H groups in total. The van der Waals surface area contributed by atoms with Crippen LogP contribution in [0.5, 0.6) is 0 Å². The van der Waals surface area contributed by atoms with E-state index in [-0.39, 0.29) is 11.6 Å². The Morgan fingerprint density at radius 1 is 1.50 bits per heavy atom. The zero-order valence-corrected chi connectivity index (χ0v) is 11.5. The van der Waals surface area contributed by atoms with Crippen molar-refractivity contribution in [2.45, 2.75) is 19.8 Å². The van der Waals surface area contributed by atoms with Crippen molar-refractivity contribution in [1.82, 2.24) is 9.97 Å². The highest BCUT2D eigenvalue weighted by molar-refractivity contribution is 7.14. The van der Waals surface area contributed by atoms with Crippen molar-refractivity contribution in [2.24, 2.45) is 0 Å². The van der Waals surface area contributed by atoms with E-state index in [9.17, 15) is 4.79 Å².